The number of oxazole rings is 1. The summed E-state index contributed by atoms with van der Waals surface area (Å²) in [6.07, 6.45) is -1.04. The van der Waals surface area contributed by atoms with E-state index in [4.69, 9.17) is 4.42 Å². The highest BCUT2D eigenvalue weighted by Crippen LogP contribution is 2.33. The van der Waals surface area contributed by atoms with Gasteiger partial charge in [-0.1, -0.05) is 19.3 Å². The van der Waals surface area contributed by atoms with Gasteiger partial charge in [-0.15, -0.1) is 0 Å². The van der Waals surface area contributed by atoms with Gasteiger partial charge in [-0.25, -0.2) is 9.67 Å². The molecule has 1 fully saturated rings. The van der Waals surface area contributed by atoms with Crippen molar-refractivity contribution in [1.82, 2.24) is 19.7 Å². The number of nitrogens with zero attached hydrogens (tertiary/aromatic N) is 4. The zero-order valence-corrected chi connectivity index (χ0v) is 16.8. The van der Waals surface area contributed by atoms with Gasteiger partial charge in [-0.2, -0.15) is 27.1 Å². The lowest BCUT2D eigenvalue weighted by Crippen LogP contribution is -2.30. The van der Waals surface area contributed by atoms with Crippen molar-refractivity contribution in [2.24, 2.45) is 0 Å². The average molecular weight is 454 g/mol. The monoisotopic (exact) mass is 454 g/mol. The van der Waals surface area contributed by atoms with Gasteiger partial charge >= 0.3 is 12.6 Å². The maximum absolute atomic E-state index is 13.4. The zero-order chi connectivity index (χ0) is 22.9. The molecule has 0 radical (unpaired) electrons. The highest BCUT2D eigenvalue weighted by atomic mass is 19.4. The van der Waals surface area contributed by atoms with Crippen LogP contribution in [0.2, 0.25) is 0 Å². The second-order valence-corrected chi connectivity index (χ2v) is 7.65. The first-order chi connectivity index (χ1) is 15.2. The van der Waals surface area contributed by atoms with Crippen molar-refractivity contribution in [2.45, 2.75) is 57.2 Å². The smallest absolute Gasteiger partial charge is 0.418 e. The molecule has 0 saturated heterocycles. The molecule has 0 N–H and O–H groups in total. The highest BCUT2D eigenvalue weighted by Gasteiger charge is 2.34. The van der Waals surface area contributed by atoms with Crippen LogP contribution in [-0.2, 0) is 12.7 Å². The Bertz CT molecular complexity index is 1150. The molecule has 0 unspecified atom stereocenters. The molecular formula is C21H19F5N4O2. The number of halogens is 5. The van der Waals surface area contributed by atoms with Gasteiger partial charge < -0.3 is 4.42 Å². The molecule has 0 bridgehead atoms. The molecule has 0 amide bonds. The first-order valence-electron chi connectivity index (χ1n) is 10.1. The van der Waals surface area contributed by atoms with Crippen molar-refractivity contribution in [3.05, 3.63) is 63.7 Å². The molecule has 4 rings (SSSR count). The predicted octanol–water partition coefficient (Wildman–Crippen LogP) is 5.35. The van der Waals surface area contributed by atoms with Gasteiger partial charge in [-0.3, -0.25) is 9.78 Å². The lowest BCUT2D eigenvalue weighted by atomic mass is 9.84. The van der Waals surface area contributed by atoms with E-state index in [1.54, 1.807) is 0 Å². The van der Waals surface area contributed by atoms with E-state index < -0.39 is 36.2 Å². The van der Waals surface area contributed by atoms with Crippen LogP contribution in [-0.4, -0.2) is 19.7 Å². The molecule has 3 heterocycles. The lowest BCUT2D eigenvalue weighted by Gasteiger charge is -2.22. The van der Waals surface area contributed by atoms with E-state index in [2.05, 4.69) is 15.1 Å². The molecule has 11 heteroatoms. The van der Waals surface area contributed by atoms with E-state index >= 15 is 0 Å². The van der Waals surface area contributed by atoms with Crippen molar-refractivity contribution < 1.29 is 26.4 Å². The fraction of sp³-hybridized carbons (Fsp3) is 0.429. The zero-order valence-electron chi connectivity index (χ0n) is 16.8. The summed E-state index contributed by atoms with van der Waals surface area (Å²) in [4.78, 5) is 20.7. The van der Waals surface area contributed by atoms with E-state index in [9.17, 15) is 26.7 Å². The Labute approximate surface area is 179 Å². The SMILES string of the molecule is O=c1c(C2CCCCC2)cc(-c2coc(C(F)F)n2)nn1Cc1ncccc1C(F)(F)F. The molecule has 3 aromatic heterocycles. The molecule has 1 saturated carbocycles. The Morgan fingerprint density at radius 2 is 1.91 bits per heavy atom. The van der Waals surface area contributed by atoms with E-state index in [0.717, 1.165) is 55.2 Å². The summed E-state index contributed by atoms with van der Waals surface area (Å²) < 4.78 is 71.7. The number of hydrogen-bond donors (Lipinski definition) is 0. The van der Waals surface area contributed by atoms with Crippen LogP contribution in [0.1, 0.15) is 67.2 Å². The Hall–Kier alpha value is -3.11. The molecule has 0 atom stereocenters. The number of aromatic nitrogens is 4. The first kappa shape index (κ1) is 22.1. The Balaban J connectivity index is 1.82. The van der Waals surface area contributed by atoms with Crippen molar-refractivity contribution >= 4 is 0 Å². The third kappa shape index (κ3) is 4.56. The summed E-state index contributed by atoms with van der Waals surface area (Å²) in [5, 5.41) is 4.12. The first-order valence-corrected chi connectivity index (χ1v) is 10.1. The minimum Gasteiger partial charge on any atom is -0.443 e. The molecule has 1 aliphatic carbocycles. The van der Waals surface area contributed by atoms with Crippen LogP contribution in [0.5, 0.6) is 0 Å². The van der Waals surface area contributed by atoms with Crippen LogP contribution in [0.3, 0.4) is 0 Å². The minimum absolute atomic E-state index is 0.0248. The van der Waals surface area contributed by atoms with Gasteiger partial charge in [-0.05, 0) is 37.0 Å². The second-order valence-electron chi connectivity index (χ2n) is 7.65. The summed E-state index contributed by atoms with van der Waals surface area (Å²) in [6, 6.07) is 3.52. The lowest BCUT2D eigenvalue weighted by molar-refractivity contribution is -0.138. The summed E-state index contributed by atoms with van der Waals surface area (Å²) >= 11 is 0. The van der Waals surface area contributed by atoms with Crippen LogP contribution in [0.4, 0.5) is 22.0 Å². The number of rotatable bonds is 5. The van der Waals surface area contributed by atoms with Crippen molar-refractivity contribution in [2.75, 3.05) is 0 Å². The fourth-order valence-electron chi connectivity index (χ4n) is 3.97. The molecular weight excluding hydrogens is 435 g/mol. The van der Waals surface area contributed by atoms with Gasteiger partial charge in [0.1, 0.15) is 17.7 Å². The summed E-state index contributed by atoms with van der Waals surface area (Å²) in [5.41, 5.74) is -1.44. The molecule has 32 heavy (non-hydrogen) atoms. The standard InChI is InChI=1S/C21H19F5N4O2/c22-18(23)19-28-17(11-32-19)15-9-13(12-5-2-1-3-6-12)20(31)30(29-15)10-16-14(21(24,25)26)7-4-8-27-16/h4,7-9,11-12,18H,1-3,5-6,10H2. The van der Waals surface area contributed by atoms with Crippen molar-refractivity contribution in [3.8, 4) is 11.4 Å². The molecule has 6 nitrogen and oxygen atoms in total. The Morgan fingerprint density at radius 3 is 2.56 bits per heavy atom. The maximum atomic E-state index is 13.4. The van der Waals surface area contributed by atoms with Gasteiger partial charge in [0.15, 0.2) is 0 Å². The highest BCUT2D eigenvalue weighted by molar-refractivity contribution is 5.53. The maximum Gasteiger partial charge on any atom is 0.418 e. The van der Waals surface area contributed by atoms with Crippen molar-refractivity contribution in [1.29, 1.82) is 0 Å². The summed E-state index contributed by atoms with van der Waals surface area (Å²) in [5.74, 6) is -0.903. The van der Waals surface area contributed by atoms with E-state index in [-0.39, 0.29) is 23.0 Å². The van der Waals surface area contributed by atoms with Crippen LogP contribution < -0.4 is 5.56 Å². The van der Waals surface area contributed by atoms with Gasteiger partial charge in [0.05, 0.1) is 17.8 Å². The normalized spacial score (nSPS) is 15.4. The number of hydrogen-bond acceptors (Lipinski definition) is 5. The van der Waals surface area contributed by atoms with Crippen LogP contribution in [0.25, 0.3) is 11.4 Å². The minimum atomic E-state index is -4.66. The average Bonchev–Trinajstić information content (AvgIpc) is 3.26. The number of pyridine rings is 1. The molecule has 0 aromatic carbocycles. The van der Waals surface area contributed by atoms with Gasteiger partial charge in [0, 0.05) is 11.8 Å². The molecule has 3 aromatic rings. The molecule has 170 valence electrons. The fourth-order valence-corrected chi connectivity index (χ4v) is 3.97. The van der Waals surface area contributed by atoms with Crippen LogP contribution >= 0.6 is 0 Å². The van der Waals surface area contributed by atoms with E-state index in [0.29, 0.717) is 5.56 Å². The molecule has 0 spiro atoms. The quantitative estimate of drug-likeness (QED) is 0.486. The Kier molecular flexibility index (Phi) is 6.07. The Morgan fingerprint density at radius 1 is 1.16 bits per heavy atom. The van der Waals surface area contributed by atoms with Crippen LogP contribution in [0, 0.1) is 0 Å². The largest absolute Gasteiger partial charge is 0.443 e. The molecule has 1 aliphatic rings. The van der Waals surface area contributed by atoms with E-state index in [1.807, 2.05) is 0 Å². The summed E-state index contributed by atoms with van der Waals surface area (Å²) in [6.45, 7) is -0.526. The predicted molar refractivity (Wildman–Crippen MR) is 103 cm³/mol. The van der Waals surface area contributed by atoms with E-state index in [1.165, 1.54) is 12.3 Å². The van der Waals surface area contributed by atoms with Crippen LogP contribution in [0.15, 0.2) is 39.9 Å². The number of alkyl halides is 5. The second kappa shape index (κ2) is 8.79. The third-order valence-electron chi connectivity index (χ3n) is 5.51. The summed E-state index contributed by atoms with van der Waals surface area (Å²) in [7, 11) is 0. The van der Waals surface area contributed by atoms with Gasteiger partial charge in [0.2, 0.25) is 0 Å². The third-order valence-corrected chi connectivity index (χ3v) is 5.51. The molecule has 0 aliphatic heterocycles. The van der Waals surface area contributed by atoms with Gasteiger partial charge in [0.25, 0.3) is 11.4 Å². The topological polar surface area (TPSA) is 73.8 Å². The van der Waals surface area contributed by atoms with Crippen molar-refractivity contribution in [3.63, 3.8) is 0 Å².